The average Bonchev–Trinajstić information content (AvgIpc) is 2.87. The van der Waals surface area contributed by atoms with Crippen molar-refractivity contribution >= 4 is 5.69 Å². The van der Waals surface area contributed by atoms with Crippen molar-refractivity contribution in [3.05, 3.63) is 39.8 Å². The maximum absolute atomic E-state index is 10.8. The second-order valence-electron chi connectivity index (χ2n) is 5.29. The van der Waals surface area contributed by atoms with Crippen molar-refractivity contribution in [2.45, 2.75) is 27.3 Å². The molecular weight excluding hydrogens is 272 g/mol. The summed E-state index contributed by atoms with van der Waals surface area (Å²) in [5.74, 6) is 1.38. The van der Waals surface area contributed by atoms with Crippen LogP contribution in [0.5, 0.6) is 0 Å². The van der Waals surface area contributed by atoms with Gasteiger partial charge in [-0.2, -0.15) is 4.98 Å². The first-order chi connectivity index (χ1) is 9.97. The molecule has 1 heterocycles. The van der Waals surface area contributed by atoms with Crippen molar-refractivity contribution in [2.75, 3.05) is 6.54 Å². The van der Waals surface area contributed by atoms with Crippen LogP contribution in [0.4, 0.5) is 5.69 Å². The summed E-state index contributed by atoms with van der Waals surface area (Å²) < 4.78 is 5.16. The van der Waals surface area contributed by atoms with Gasteiger partial charge >= 0.3 is 0 Å². The predicted octanol–water partition coefficient (Wildman–Crippen LogP) is 2.70. The van der Waals surface area contributed by atoms with E-state index in [1.807, 2.05) is 6.92 Å². The molecule has 0 fully saturated rings. The summed E-state index contributed by atoms with van der Waals surface area (Å²) in [6, 6.07) is 4.61. The van der Waals surface area contributed by atoms with E-state index in [1.165, 1.54) is 12.1 Å². The number of hydrogen-bond donors (Lipinski definition) is 1. The number of hydrogen-bond acceptors (Lipinski definition) is 6. The summed E-state index contributed by atoms with van der Waals surface area (Å²) in [4.78, 5) is 14.7. The zero-order chi connectivity index (χ0) is 15.4. The highest BCUT2D eigenvalue weighted by atomic mass is 16.6. The molecule has 7 heteroatoms. The van der Waals surface area contributed by atoms with Crippen LogP contribution in [0.1, 0.15) is 25.3 Å². The van der Waals surface area contributed by atoms with E-state index >= 15 is 0 Å². The molecule has 1 aromatic carbocycles. The van der Waals surface area contributed by atoms with Gasteiger partial charge in [-0.15, -0.1) is 0 Å². The molecule has 21 heavy (non-hydrogen) atoms. The summed E-state index contributed by atoms with van der Waals surface area (Å²) in [5, 5.41) is 17.9. The van der Waals surface area contributed by atoms with E-state index in [9.17, 15) is 10.1 Å². The first kappa shape index (κ1) is 15.1. The minimum atomic E-state index is -0.436. The molecule has 0 spiro atoms. The van der Waals surface area contributed by atoms with Gasteiger partial charge in [-0.25, -0.2) is 0 Å². The Bertz CT molecular complexity index is 637. The second kappa shape index (κ2) is 6.45. The molecule has 2 aromatic rings. The van der Waals surface area contributed by atoms with Crippen molar-refractivity contribution in [3.63, 3.8) is 0 Å². The van der Waals surface area contributed by atoms with Crippen LogP contribution in [0.3, 0.4) is 0 Å². The number of nitrogens with one attached hydrogen (secondary N) is 1. The highest BCUT2D eigenvalue weighted by Gasteiger charge is 2.15. The molecule has 0 aliphatic heterocycles. The van der Waals surface area contributed by atoms with E-state index < -0.39 is 4.92 Å². The second-order valence-corrected chi connectivity index (χ2v) is 5.29. The molecule has 1 aromatic heterocycles. The quantitative estimate of drug-likeness (QED) is 0.649. The molecule has 0 aliphatic carbocycles. The van der Waals surface area contributed by atoms with Crippen LogP contribution in [-0.2, 0) is 6.54 Å². The topological polar surface area (TPSA) is 94.1 Å². The summed E-state index contributed by atoms with van der Waals surface area (Å²) in [6.45, 7) is 7.41. The Morgan fingerprint density at radius 3 is 2.86 bits per heavy atom. The third-order valence-corrected chi connectivity index (χ3v) is 2.97. The van der Waals surface area contributed by atoms with Gasteiger partial charge in [-0.1, -0.05) is 25.1 Å². The standard InChI is InChI=1S/C14H18N4O3/c1-9(2)7-15-8-13-16-14(17-21-13)12-6-11(18(19)20)5-4-10(12)3/h4-6,9,15H,7-8H2,1-3H3. The first-order valence-corrected chi connectivity index (χ1v) is 6.76. The van der Waals surface area contributed by atoms with Crippen LogP contribution >= 0.6 is 0 Å². The van der Waals surface area contributed by atoms with E-state index in [0.29, 0.717) is 29.7 Å². The average molecular weight is 290 g/mol. The fourth-order valence-electron chi connectivity index (χ4n) is 1.87. The molecule has 0 atom stereocenters. The molecule has 0 amide bonds. The largest absolute Gasteiger partial charge is 0.338 e. The third-order valence-electron chi connectivity index (χ3n) is 2.97. The van der Waals surface area contributed by atoms with E-state index in [-0.39, 0.29) is 5.69 Å². The Kier molecular flexibility index (Phi) is 4.64. The lowest BCUT2D eigenvalue weighted by atomic mass is 10.1. The number of non-ortho nitro benzene ring substituents is 1. The lowest BCUT2D eigenvalue weighted by Crippen LogP contribution is -2.19. The molecule has 0 unspecified atom stereocenters. The Hall–Kier alpha value is -2.28. The molecule has 0 saturated carbocycles. The van der Waals surface area contributed by atoms with Crippen molar-refractivity contribution in [1.29, 1.82) is 0 Å². The maximum atomic E-state index is 10.8. The smallest absolute Gasteiger partial charge is 0.270 e. The first-order valence-electron chi connectivity index (χ1n) is 6.76. The van der Waals surface area contributed by atoms with Gasteiger partial charge < -0.3 is 9.84 Å². The Morgan fingerprint density at radius 2 is 2.19 bits per heavy atom. The van der Waals surface area contributed by atoms with Crippen LogP contribution in [0.2, 0.25) is 0 Å². The fourth-order valence-corrected chi connectivity index (χ4v) is 1.87. The summed E-state index contributed by atoms with van der Waals surface area (Å²) in [5.41, 5.74) is 1.49. The molecule has 2 rings (SSSR count). The normalized spacial score (nSPS) is 11.0. The van der Waals surface area contributed by atoms with Crippen molar-refractivity contribution in [1.82, 2.24) is 15.5 Å². The molecule has 0 bridgehead atoms. The molecule has 0 saturated heterocycles. The van der Waals surface area contributed by atoms with E-state index in [0.717, 1.165) is 12.1 Å². The van der Waals surface area contributed by atoms with Crippen LogP contribution in [0.25, 0.3) is 11.4 Å². The highest BCUT2D eigenvalue weighted by Crippen LogP contribution is 2.25. The van der Waals surface area contributed by atoms with Crippen molar-refractivity contribution in [2.24, 2.45) is 5.92 Å². The van der Waals surface area contributed by atoms with Gasteiger partial charge in [0.05, 0.1) is 11.5 Å². The number of rotatable bonds is 6. The number of nitrogens with zero attached hydrogens (tertiary/aromatic N) is 3. The number of aryl methyl sites for hydroxylation is 1. The van der Waals surface area contributed by atoms with Gasteiger partial charge in [0.15, 0.2) is 0 Å². The fraction of sp³-hybridized carbons (Fsp3) is 0.429. The zero-order valence-corrected chi connectivity index (χ0v) is 12.3. The molecule has 112 valence electrons. The lowest BCUT2D eigenvalue weighted by molar-refractivity contribution is -0.384. The number of nitro groups is 1. The molecular formula is C14H18N4O3. The van der Waals surface area contributed by atoms with Crippen LogP contribution in [0.15, 0.2) is 22.7 Å². The summed E-state index contributed by atoms with van der Waals surface area (Å²) in [7, 11) is 0. The molecule has 0 radical (unpaired) electrons. The van der Waals surface area contributed by atoms with E-state index in [4.69, 9.17) is 4.52 Å². The van der Waals surface area contributed by atoms with Crippen molar-refractivity contribution < 1.29 is 9.45 Å². The lowest BCUT2D eigenvalue weighted by Gasteiger charge is -2.03. The summed E-state index contributed by atoms with van der Waals surface area (Å²) >= 11 is 0. The van der Waals surface area contributed by atoms with Gasteiger partial charge in [0.1, 0.15) is 0 Å². The highest BCUT2D eigenvalue weighted by molar-refractivity contribution is 5.63. The zero-order valence-electron chi connectivity index (χ0n) is 12.3. The van der Waals surface area contributed by atoms with Crippen LogP contribution in [-0.4, -0.2) is 21.6 Å². The minimum absolute atomic E-state index is 0.0138. The van der Waals surface area contributed by atoms with Gasteiger partial charge in [0.2, 0.25) is 11.7 Å². The van der Waals surface area contributed by atoms with E-state index in [2.05, 4.69) is 29.3 Å². The Balaban J connectivity index is 2.17. The predicted molar refractivity (Wildman–Crippen MR) is 77.7 cm³/mol. The van der Waals surface area contributed by atoms with Gasteiger partial charge in [0, 0.05) is 17.7 Å². The number of aromatic nitrogens is 2. The van der Waals surface area contributed by atoms with Gasteiger partial charge in [-0.05, 0) is 24.9 Å². The maximum Gasteiger partial charge on any atom is 0.270 e. The Morgan fingerprint density at radius 1 is 1.43 bits per heavy atom. The Labute approximate surface area is 122 Å². The molecule has 7 nitrogen and oxygen atoms in total. The monoisotopic (exact) mass is 290 g/mol. The molecule has 1 N–H and O–H groups in total. The molecule has 0 aliphatic rings. The minimum Gasteiger partial charge on any atom is -0.338 e. The van der Waals surface area contributed by atoms with Crippen LogP contribution < -0.4 is 5.32 Å². The number of benzene rings is 1. The van der Waals surface area contributed by atoms with Crippen molar-refractivity contribution in [3.8, 4) is 11.4 Å². The van der Waals surface area contributed by atoms with E-state index in [1.54, 1.807) is 6.07 Å². The van der Waals surface area contributed by atoms with Gasteiger partial charge in [0.25, 0.3) is 5.69 Å². The van der Waals surface area contributed by atoms with Crippen LogP contribution in [0, 0.1) is 23.0 Å². The number of nitro benzene ring substituents is 1. The summed E-state index contributed by atoms with van der Waals surface area (Å²) in [6.07, 6.45) is 0. The third kappa shape index (κ3) is 3.85. The van der Waals surface area contributed by atoms with Gasteiger partial charge in [-0.3, -0.25) is 10.1 Å². The SMILES string of the molecule is Cc1ccc([N+](=O)[O-])cc1-c1noc(CNCC(C)C)n1.